The van der Waals surface area contributed by atoms with E-state index in [2.05, 4.69) is 27.4 Å². The molecule has 0 aliphatic rings. The van der Waals surface area contributed by atoms with Gasteiger partial charge in [-0.15, -0.1) is 11.3 Å². The SMILES string of the molecule is CCCNC(Cc1cncs1)c1ccnnc1. The number of rotatable bonds is 6. The summed E-state index contributed by atoms with van der Waals surface area (Å²) in [5.74, 6) is 0. The van der Waals surface area contributed by atoms with Gasteiger partial charge in [0.25, 0.3) is 0 Å². The van der Waals surface area contributed by atoms with Gasteiger partial charge in [0.2, 0.25) is 0 Å². The van der Waals surface area contributed by atoms with Crippen molar-refractivity contribution in [2.45, 2.75) is 25.8 Å². The number of nitrogens with zero attached hydrogens (tertiary/aromatic N) is 3. The lowest BCUT2D eigenvalue weighted by Crippen LogP contribution is -2.24. The molecule has 5 heteroatoms. The lowest BCUT2D eigenvalue weighted by atomic mass is 10.1. The molecule has 0 radical (unpaired) electrons. The fourth-order valence-electron chi connectivity index (χ4n) is 1.68. The van der Waals surface area contributed by atoms with E-state index in [1.54, 1.807) is 17.5 Å². The van der Waals surface area contributed by atoms with Crippen molar-refractivity contribution in [2.24, 2.45) is 0 Å². The third kappa shape index (κ3) is 3.57. The molecule has 1 atom stereocenters. The Morgan fingerprint density at radius 2 is 2.29 bits per heavy atom. The topological polar surface area (TPSA) is 50.7 Å². The van der Waals surface area contributed by atoms with Crippen LogP contribution in [0.3, 0.4) is 0 Å². The smallest absolute Gasteiger partial charge is 0.0794 e. The van der Waals surface area contributed by atoms with Crippen LogP contribution in [0.2, 0.25) is 0 Å². The van der Waals surface area contributed by atoms with Gasteiger partial charge in [0.05, 0.1) is 11.7 Å². The molecular weight excluding hydrogens is 232 g/mol. The molecule has 0 fully saturated rings. The molecule has 1 unspecified atom stereocenters. The van der Waals surface area contributed by atoms with Crippen molar-refractivity contribution >= 4 is 11.3 Å². The molecule has 2 heterocycles. The van der Waals surface area contributed by atoms with E-state index < -0.39 is 0 Å². The van der Waals surface area contributed by atoms with Gasteiger partial charge >= 0.3 is 0 Å². The van der Waals surface area contributed by atoms with Crippen LogP contribution in [-0.2, 0) is 6.42 Å². The largest absolute Gasteiger partial charge is 0.310 e. The van der Waals surface area contributed by atoms with Crippen molar-refractivity contribution in [3.63, 3.8) is 0 Å². The van der Waals surface area contributed by atoms with Gasteiger partial charge < -0.3 is 5.32 Å². The number of aromatic nitrogens is 3. The summed E-state index contributed by atoms with van der Waals surface area (Å²) in [6.07, 6.45) is 7.57. The summed E-state index contributed by atoms with van der Waals surface area (Å²) < 4.78 is 0. The Morgan fingerprint density at radius 1 is 1.35 bits per heavy atom. The number of hydrogen-bond acceptors (Lipinski definition) is 5. The highest BCUT2D eigenvalue weighted by Gasteiger charge is 2.12. The highest BCUT2D eigenvalue weighted by Crippen LogP contribution is 2.19. The van der Waals surface area contributed by atoms with Crippen LogP contribution >= 0.6 is 11.3 Å². The van der Waals surface area contributed by atoms with Crippen LogP contribution in [0.5, 0.6) is 0 Å². The summed E-state index contributed by atoms with van der Waals surface area (Å²) in [5, 5.41) is 11.3. The van der Waals surface area contributed by atoms with Crippen molar-refractivity contribution in [3.8, 4) is 0 Å². The summed E-state index contributed by atoms with van der Waals surface area (Å²) in [4.78, 5) is 5.40. The molecule has 2 aromatic heterocycles. The van der Waals surface area contributed by atoms with Gasteiger partial charge in [-0.3, -0.25) is 4.98 Å². The molecule has 0 aromatic carbocycles. The first-order valence-corrected chi connectivity index (χ1v) is 6.65. The third-order valence-corrected chi connectivity index (χ3v) is 3.34. The standard InChI is InChI=1S/C12H16N4S/c1-2-4-14-12(6-11-8-13-9-17-11)10-3-5-15-16-7-10/h3,5,7-9,12,14H,2,4,6H2,1H3. The molecule has 90 valence electrons. The second-order valence-corrected chi connectivity index (χ2v) is 4.83. The molecule has 0 spiro atoms. The normalized spacial score (nSPS) is 12.5. The lowest BCUT2D eigenvalue weighted by Gasteiger charge is -2.17. The molecule has 4 nitrogen and oxygen atoms in total. The monoisotopic (exact) mass is 248 g/mol. The van der Waals surface area contributed by atoms with Gasteiger partial charge in [-0.25, -0.2) is 0 Å². The van der Waals surface area contributed by atoms with Crippen LogP contribution in [-0.4, -0.2) is 21.7 Å². The zero-order valence-electron chi connectivity index (χ0n) is 9.84. The predicted octanol–water partition coefficient (Wildman–Crippen LogP) is 2.22. The fourth-order valence-corrected chi connectivity index (χ4v) is 2.32. The van der Waals surface area contributed by atoms with Crippen LogP contribution in [0.1, 0.15) is 29.8 Å². The molecule has 0 aliphatic carbocycles. The molecule has 1 N–H and O–H groups in total. The van der Waals surface area contributed by atoms with Crippen LogP contribution in [0, 0.1) is 0 Å². The molecule has 0 bridgehead atoms. The van der Waals surface area contributed by atoms with Crippen LogP contribution in [0.4, 0.5) is 0 Å². The van der Waals surface area contributed by atoms with E-state index in [4.69, 9.17) is 0 Å². The summed E-state index contributed by atoms with van der Waals surface area (Å²) in [6.45, 7) is 3.17. The van der Waals surface area contributed by atoms with Gasteiger partial charge in [-0.2, -0.15) is 10.2 Å². The fraction of sp³-hybridized carbons (Fsp3) is 0.417. The maximum atomic E-state index is 4.11. The van der Waals surface area contributed by atoms with Crippen LogP contribution in [0.15, 0.2) is 30.2 Å². The van der Waals surface area contributed by atoms with E-state index in [9.17, 15) is 0 Å². The van der Waals surface area contributed by atoms with E-state index >= 15 is 0 Å². The summed E-state index contributed by atoms with van der Waals surface area (Å²) in [7, 11) is 0. The minimum absolute atomic E-state index is 0.297. The summed E-state index contributed by atoms with van der Waals surface area (Å²) in [6, 6.07) is 2.31. The Hall–Kier alpha value is -1.33. The van der Waals surface area contributed by atoms with Crippen molar-refractivity contribution < 1.29 is 0 Å². The maximum absolute atomic E-state index is 4.11. The number of thiazole rings is 1. The minimum atomic E-state index is 0.297. The van der Waals surface area contributed by atoms with Gasteiger partial charge in [0.15, 0.2) is 0 Å². The van der Waals surface area contributed by atoms with Crippen molar-refractivity contribution in [2.75, 3.05) is 6.54 Å². The Labute approximate surface area is 105 Å². The van der Waals surface area contributed by atoms with Gasteiger partial charge in [-0.05, 0) is 24.6 Å². The quantitative estimate of drug-likeness (QED) is 0.851. The van der Waals surface area contributed by atoms with Crippen molar-refractivity contribution in [1.82, 2.24) is 20.5 Å². The first kappa shape index (κ1) is 12.1. The molecule has 2 aromatic rings. The Kier molecular flexibility index (Phi) is 4.58. The van der Waals surface area contributed by atoms with E-state index in [0.717, 1.165) is 19.4 Å². The van der Waals surface area contributed by atoms with Crippen LogP contribution < -0.4 is 5.32 Å². The number of hydrogen-bond donors (Lipinski definition) is 1. The van der Waals surface area contributed by atoms with Gasteiger partial charge in [0, 0.05) is 29.7 Å². The Bertz CT molecular complexity index is 415. The van der Waals surface area contributed by atoms with E-state index in [-0.39, 0.29) is 0 Å². The maximum Gasteiger partial charge on any atom is 0.0794 e. The molecule has 17 heavy (non-hydrogen) atoms. The first-order chi connectivity index (χ1) is 8.40. The minimum Gasteiger partial charge on any atom is -0.310 e. The predicted molar refractivity (Wildman–Crippen MR) is 68.9 cm³/mol. The molecule has 0 saturated heterocycles. The second-order valence-electron chi connectivity index (χ2n) is 3.85. The third-order valence-electron chi connectivity index (χ3n) is 2.54. The summed E-state index contributed by atoms with van der Waals surface area (Å²) >= 11 is 1.69. The highest BCUT2D eigenvalue weighted by atomic mass is 32.1. The lowest BCUT2D eigenvalue weighted by molar-refractivity contribution is 0.529. The average Bonchev–Trinajstić information content (AvgIpc) is 2.88. The molecule has 2 rings (SSSR count). The molecule has 0 amide bonds. The second kappa shape index (κ2) is 6.42. The van der Waals surface area contributed by atoms with Crippen molar-refractivity contribution in [1.29, 1.82) is 0 Å². The first-order valence-electron chi connectivity index (χ1n) is 5.77. The van der Waals surface area contributed by atoms with Crippen LogP contribution in [0.25, 0.3) is 0 Å². The summed E-state index contributed by atoms with van der Waals surface area (Å²) in [5.41, 5.74) is 3.05. The zero-order valence-corrected chi connectivity index (χ0v) is 10.7. The van der Waals surface area contributed by atoms with Gasteiger partial charge in [-0.1, -0.05) is 6.92 Å². The molecule has 0 saturated carbocycles. The number of nitrogens with one attached hydrogen (secondary N) is 1. The van der Waals surface area contributed by atoms with E-state index in [1.807, 2.05) is 24.0 Å². The zero-order chi connectivity index (χ0) is 11.9. The Balaban J connectivity index is 2.08. The average molecular weight is 248 g/mol. The molecular formula is C12H16N4S. The molecule has 0 aliphatic heterocycles. The van der Waals surface area contributed by atoms with E-state index in [1.165, 1.54) is 10.4 Å². The van der Waals surface area contributed by atoms with E-state index in [0.29, 0.717) is 6.04 Å². The Morgan fingerprint density at radius 3 is 2.94 bits per heavy atom. The highest BCUT2D eigenvalue weighted by molar-refractivity contribution is 7.09. The van der Waals surface area contributed by atoms with Crippen molar-refractivity contribution in [3.05, 3.63) is 40.6 Å². The van der Waals surface area contributed by atoms with Gasteiger partial charge in [0.1, 0.15) is 0 Å².